The van der Waals surface area contributed by atoms with Crippen molar-refractivity contribution in [2.24, 2.45) is 0 Å². The van der Waals surface area contributed by atoms with Crippen molar-refractivity contribution in [2.45, 2.75) is 226 Å². The van der Waals surface area contributed by atoms with Gasteiger partial charge in [-0.25, -0.2) is 0 Å². The van der Waals surface area contributed by atoms with Crippen LogP contribution < -0.4 is 0 Å². The van der Waals surface area contributed by atoms with E-state index in [-0.39, 0.29) is 37.5 Å². The summed E-state index contributed by atoms with van der Waals surface area (Å²) in [6.45, 7) is 6.32. The lowest BCUT2D eigenvalue weighted by Gasteiger charge is -2.18. The van der Waals surface area contributed by atoms with Gasteiger partial charge in [-0.15, -0.1) is 0 Å². The van der Waals surface area contributed by atoms with Crippen LogP contribution in [0.4, 0.5) is 0 Å². The first kappa shape index (κ1) is 58.3. The van der Waals surface area contributed by atoms with Crippen LogP contribution in [0.15, 0.2) is 97.2 Å². The monoisotopic (exact) mass is 861 g/mol. The number of hydrogen-bond acceptors (Lipinski definition) is 6. The minimum absolute atomic E-state index is 0.108. The number of allylic oxidation sites excluding steroid dienone is 16. The van der Waals surface area contributed by atoms with Gasteiger partial charge in [0.25, 0.3) is 0 Å². The van der Waals surface area contributed by atoms with Gasteiger partial charge in [0, 0.05) is 19.3 Å². The maximum absolute atomic E-state index is 12.8. The van der Waals surface area contributed by atoms with Crippen LogP contribution in [0.3, 0.4) is 0 Å². The molecule has 352 valence electrons. The van der Waals surface area contributed by atoms with E-state index in [9.17, 15) is 14.4 Å². The summed E-state index contributed by atoms with van der Waals surface area (Å²) in [5.74, 6) is -0.998. The molecule has 0 saturated carbocycles. The van der Waals surface area contributed by atoms with Crippen LogP contribution in [0.5, 0.6) is 0 Å². The summed E-state index contributed by atoms with van der Waals surface area (Å²) in [7, 11) is 0. The van der Waals surface area contributed by atoms with Gasteiger partial charge in [-0.3, -0.25) is 14.4 Å². The Labute approximate surface area is 381 Å². The van der Waals surface area contributed by atoms with Gasteiger partial charge in [-0.05, 0) is 109 Å². The molecule has 0 aromatic carbocycles. The minimum atomic E-state index is -0.811. The largest absolute Gasteiger partial charge is 0.462 e. The first-order valence-corrected chi connectivity index (χ1v) is 25.2. The van der Waals surface area contributed by atoms with Crippen LogP contribution in [-0.2, 0) is 28.6 Å². The third-order valence-corrected chi connectivity index (χ3v) is 10.3. The van der Waals surface area contributed by atoms with E-state index in [0.29, 0.717) is 19.3 Å². The highest BCUT2D eigenvalue weighted by Gasteiger charge is 2.19. The van der Waals surface area contributed by atoms with Crippen molar-refractivity contribution >= 4 is 17.9 Å². The molecule has 0 aromatic heterocycles. The standard InChI is InChI=1S/C56H92O6/c1-4-7-10-13-16-19-22-24-26-27-28-29-30-32-34-37-40-43-46-49-55(58)61-52-53(51-60-54(57)48-45-42-39-36-33-21-18-15-12-9-6-3)62-56(59)50-47-44-41-38-35-31-25-23-20-17-14-11-8-5-2/h7,9-10,12,16,18-19,21,24,26,28-29,31,35-36,39,53H,4-6,8,11,13-15,17,20,22-23,25,27,30,32-34,37-38,40-52H2,1-3H3/b10-7-,12-9-,19-16-,21-18-,26-24-,29-28-,35-31-,39-36-. The molecule has 0 heterocycles. The molecule has 0 rings (SSSR count). The van der Waals surface area contributed by atoms with Gasteiger partial charge in [0.05, 0.1) is 0 Å². The first-order valence-electron chi connectivity index (χ1n) is 25.2. The molecule has 0 aliphatic carbocycles. The maximum Gasteiger partial charge on any atom is 0.306 e. The van der Waals surface area contributed by atoms with Gasteiger partial charge in [0.1, 0.15) is 13.2 Å². The Bertz CT molecular complexity index is 1260. The number of ether oxygens (including phenoxy) is 3. The lowest BCUT2D eigenvalue weighted by atomic mass is 10.1. The van der Waals surface area contributed by atoms with E-state index in [1.807, 2.05) is 0 Å². The maximum atomic E-state index is 12.8. The average Bonchev–Trinajstić information content (AvgIpc) is 3.27. The van der Waals surface area contributed by atoms with E-state index in [0.717, 1.165) is 116 Å². The quantitative estimate of drug-likeness (QED) is 0.0263. The molecule has 0 N–H and O–H groups in total. The molecule has 0 aliphatic rings. The molecule has 0 bridgehead atoms. The van der Waals surface area contributed by atoms with Crippen LogP contribution in [0, 0.1) is 0 Å². The Hall–Kier alpha value is -3.67. The molecule has 1 unspecified atom stereocenters. The van der Waals surface area contributed by atoms with E-state index in [1.165, 1.54) is 57.8 Å². The van der Waals surface area contributed by atoms with Gasteiger partial charge in [0.2, 0.25) is 0 Å². The lowest BCUT2D eigenvalue weighted by molar-refractivity contribution is -0.167. The highest BCUT2D eigenvalue weighted by Crippen LogP contribution is 2.13. The van der Waals surface area contributed by atoms with Crippen molar-refractivity contribution in [1.82, 2.24) is 0 Å². The zero-order valence-corrected chi connectivity index (χ0v) is 40.1. The van der Waals surface area contributed by atoms with Gasteiger partial charge >= 0.3 is 17.9 Å². The third-order valence-electron chi connectivity index (χ3n) is 10.3. The second kappa shape index (κ2) is 50.0. The fourth-order valence-corrected chi connectivity index (χ4v) is 6.57. The van der Waals surface area contributed by atoms with Crippen molar-refractivity contribution in [1.29, 1.82) is 0 Å². The van der Waals surface area contributed by atoms with E-state index < -0.39 is 6.10 Å². The summed E-state index contributed by atoms with van der Waals surface area (Å²) in [6.07, 6.45) is 65.4. The highest BCUT2D eigenvalue weighted by molar-refractivity contribution is 5.71. The fourth-order valence-electron chi connectivity index (χ4n) is 6.57. The topological polar surface area (TPSA) is 78.9 Å². The number of rotatable bonds is 44. The molecule has 1 atom stereocenters. The lowest BCUT2D eigenvalue weighted by Crippen LogP contribution is -2.30. The number of hydrogen-bond donors (Lipinski definition) is 0. The van der Waals surface area contributed by atoms with E-state index in [2.05, 4.69) is 118 Å². The van der Waals surface area contributed by atoms with Crippen molar-refractivity contribution in [3.05, 3.63) is 97.2 Å². The minimum Gasteiger partial charge on any atom is -0.462 e. The molecule has 0 fully saturated rings. The molecular formula is C56H92O6. The van der Waals surface area contributed by atoms with Crippen LogP contribution in [0.25, 0.3) is 0 Å². The summed E-state index contributed by atoms with van der Waals surface area (Å²) >= 11 is 0. The molecule has 0 radical (unpaired) electrons. The predicted octanol–water partition coefficient (Wildman–Crippen LogP) is 16.6. The molecule has 0 amide bonds. The second-order valence-electron chi connectivity index (χ2n) is 16.3. The Morgan fingerprint density at radius 1 is 0.339 bits per heavy atom. The molecule has 0 aromatic rings. The van der Waals surface area contributed by atoms with Crippen LogP contribution in [0.2, 0.25) is 0 Å². The van der Waals surface area contributed by atoms with Crippen LogP contribution >= 0.6 is 0 Å². The predicted molar refractivity (Wildman–Crippen MR) is 265 cm³/mol. The summed E-state index contributed by atoms with van der Waals surface area (Å²) < 4.78 is 16.7. The zero-order chi connectivity index (χ0) is 45.1. The fraction of sp³-hybridized carbons (Fsp3) is 0.661. The zero-order valence-electron chi connectivity index (χ0n) is 40.1. The SMILES string of the molecule is CC/C=C\C/C=C\C/C=C\C/C=C\CCCCCCCCC(=O)OCC(COC(=O)CCC/C=C\C/C=C\C/C=C\CC)OC(=O)CCCCC/C=C\CCCCCCCCC. The Kier molecular flexibility index (Phi) is 47.0. The summed E-state index contributed by atoms with van der Waals surface area (Å²) in [5.41, 5.74) is 0. The summed E-state index contributed by atoms with van der Waals surface area (Å²) in [4.78, 5) is 37.9. The number of carbonyl (C=O) groups excluding carboxylic acids is 3. The van der Waals surface area contributed by atoms with Crippen LogP contribution in [-0.4, -0.2) is 37.2 Å². The Morgan fingerprint density at radius 3 is 1.08 bits per heavy atom. The molecule has 6 nitrogen and oxygen atoms in total. The van der Waals surface area contributed by atoms with Crippen molar-refractivity contribution in [3.8, 4) is 0 Å². The summed E-state index contributed by atoms with van der Waals surface area (Å²) in [5, 5.41) is 0. The summed E-state index contributed by atoms with van der Waals surface area (Å²) in [6, 6.07) is 0. The van der Waals surface area contributed by atoms with Crippen molar-refractivity contribution in [3.63, 3.8) is 0 Å². The molecule has 0 spiro atoms. The molecule has 6 heteroatoms. The van der Waals surface area contributed by atoms with E-state index in [4.69, 9.17) is 14.2 Å². The third kappa shape index (κ3) is 47.4. The molecular weight excluding hydrogens is 769 g/mol. The number of carbonyl (C=O) groups is 3. The van der Waals surface area contributed by atoms with E-state index >= 15 is 0 Å². The smallest absolute Gasteiger partial charge is 0.306 e. The first-order chi connectivity index (χ1) is 30.5. The molecule has 0 saturated heterocycles. The van der Waals surface area contributed by atoms with Gasteiger partial charge in [0.15, 0.2) is 6.10 Å². The van der Waals surface area contributed by atoms with Gasteiger partial charge in [-0.2, -0.15) is 0 Å². The second-order valence-corrected chi connectivity index (χ2v) is 16.3. The Balaban J connectivity index is 4.45. The average molecular weight is 861 g/mol. The normalized spacial score (nSPS) is 12.9. The van der Waals surface area contributed by atoms with Crippen molar-refractivity contribution in [2.75, 3.05) is 13.2 Å². The van der Waals surface area contributed by atoms with Crippen molar-refractivity contribution < 1.29 is 28.6 Å². The molecule has 62 heavy (non-hydrogen) atoms. The van der Waals surface area contributed by atoms with Crippen LogP contribution in [0.1, 0.15) is 220 Å². The molecule has 0 aliphatic heterocycles. The van der Waals surface area contributed by atoms with E-state index in [1.54, 1.807) is 0 Å². The highest BCUT2D eigenvalue weighted by atomic mass is 16.6. The van der Waals surface area contributed by atoms with Gasteiger partial charge < -0.3 is 14.2 Å². The Morgan fingerprint density at radius 2 is 0.645 bits per heavy atom. The number of esters is 3. The number of unbranched alkanes of at least 4 members (excludes halogenated alkanes) is 17. The van der Waals surface area contributed by atoms with Gasteiger partial charge in [-0.1, -0.05) is 189 Å².